The maximum absolute atomic E-state index is 14.1. The average Bonchev–Trinajstić information content (AvgIpc) is 2.83. The summed E-state index contributed by atoms with van der Waals surface area (Å²) in [5.74, 6) is -14.0. The molecule has 1 aliphatic heterocycles. The van der Waals surface area contributed by atoms with Gasteiger partial charge in [-0.2, -0.15) is 40.8 Å². The second-order valence-electron chi connectivity index (χ2n) is 5.84. The molecule has 1 amide bonds. The molecule has 1 atom stereocenters. The normalized spacial score (nSPS) is 21.7. The van der Waals surface area contributed by atoms with Crippen molar-refractivity contribution >= 4 is 11.6 Å². The first-order valence-corrected chi connectivity index (χ1v) is 7.20. The number of halogens is 7. The molecule has 2 rings (SSSR count). The van der Waals surface area contributed by atoms with Crippen LogP contribution in [0.4, 0.5) is 30.7 Å². The lowest BCUT2D eigenvalue weighted by atomic mass is 9.93. The Kier molecular flexibility index (Phi) is 4.82. The van der Waals surface area contributed by atoms with Crippen LogP contribution >= 0.6 is 0 Å². The van der Waals surface area contributed by atoms with Crippen molar-refractivity contribution < 1.29 is 40.6 Å². The predicted molar refractivity (Wildman–Crippen MR) is 75.6 cm³/mol. The van der Waals surface area contributed by atoms with Crippen LogP contribution in [0.2, 0.25) is 0 Å². The molecule has 1 heterocycles. The second kappa shape index (κ2) is 6.22. The summed E-state index contributed by atoms with van der Waals surface area (Å²) in [7, 11) is 0. The number of hydrogen-bond donors (Lipinski definition) is 1. The van der Waals surface area contributed by atoms with E-state index in [1.165, 1.54) is 24.3 Å². The number of carbonyl (C=O) groups excluding carboxylic acids is 1. The molecule has 0 bridgehead atoms. The third-order valence-corrected chi connectivity index (χ3v) is 3.81. The Balaban J connectivity index is 2.41. The van der Waals surface area contributed by atoms with Gasteiger partial charge in [0.15, 0.2) is 0 Å². The predicted octanol–water partition coefficient (Wildman–Crippen LogP) is 3.36. The smallest absolute Gasteiger partial charge is 0.364 e. The highest BCUT2D eigenvalue weighted by atomic mass is 19.4. The first-order chi connectivity index (χ1) is 11.7. The van der Waals surface area contributed by atoms with Crippen LogP contribution in [0.25, 0.3) is 0 Å². The van der Waals surface area contributed by atoms with Gasteiger partial charge in [-0.25, -0.2) is 0 Å². The Morgan fingerprint density at radius 3 is 2.19 bits per heavy atom. The Hall–Kier alpha value is -2.17. The third-order valence-electron chi connectivity index (χ3n) is 3.81. The number of hydrazone groups is 1. The minimum Gasteiger partial charge on any atom is -0.364 e. The van der Waals surface area contributed by atoms with Crippen molar-refractivity contribution in [2.75, 3.05) is 0 Å². The zero-order valence-electron chi connectivity index (χ0n) is 13.2. The van der Waals surface area contributed by atoms with Gasteiger partial charge < -0.3 is 5.11 Å². The Morgan fingerprint density at radius 1 is 1.15 bits per heavy atom. The lowest BCUT2D eigenvalue weighted by Gasteiger charge is -2.41. The van der Waals surface area contributed by atoms with Gasteiger partial charge in [0.25, 0.3) is 0 Å². The number of amides is 1. The van der Waals surface area contributed by atoms with Crippen molar-refractivity contribution in [2.45, 2.75) is 43.5 Å². The van der Waals surface area contributed by atoms with Gasteiger partial charge in [-0.15, -0.1) is 0 Å². The topological polar surface area (TPSA) is 52.9 Å². The molecule has 1 aromatic carbocycles. The number of aliphatic hydroxyl groups is 1. The molecular formula is C15H13F7N2O2. The molecule has 0 saturated heterocycles. The van der Waals surface area contributed by atoms with E-state index in [0.717, 1.165) is 6.92 Å². The van der Waals surface area contributed by atoms with E-state index in [9.17, 15) is 40.6 Å². The van der Waals surface area contributed by atoms with Gasteiger partial charge >= 0.3 is 18.0 Å². The summed E-state index contributed by atoms with van der Waals surface area (Å²) in [5.41, 5.74) is -4.28. The van der Waals surface area contributed by atoms with Crippen LogP contribution in [0.5, 0.6) is 0 Å². The molecule has 0 fully saturated rings. The van der Waals surface area contributed by atoms with Crippen LogP contribution in [0.3, 0.4) is 0 Å². The fourth-order valence-electron chi connectivity index (χ4n) is 2.50. The molecule has 4 nitrogen and oxygen atoms in total. The molecule has 1 N–H and O–H groups in total. The summed E-state index contributed by atoms with van der Waals surface area (Å²) in [6.07, 6.45) is -8.63. The fourth-order valence-corrected chi connectivity index (χ4v) is 2.50. The van der Waals surface area contributed by atoms with Crippen LogP contribution < -0.4 is 0 Å². The van der Waals surface area contributed by atoms with Crippen molar-refractivity contribution in [3.63, 3.8) is 0 Å². The number of benzene rings is 1. The Bertz CT molecular complexity index is 718. The fraction of sp³-hybridized carbons (Fsp3) is 0.467. The third kappa shape index (κ3) is 3.04. The highest BCUT2D eigenvalue weighted by Crippen LogP contribution is 2.54. The van der Waals surface area contributed by atoms with Crippen molar-refractivity contribution in [1.29, 1.82) is 0 Å². The highest BCUT2D eigenvalue weighted by Gasteiger charge is 2.82. The van der Waals surface area contributed by atoms with Gasteiger partial charge in [-0.05, 0) is 12.5 Å². The molecule has 11 heteroatoms. The molecule has 1 aromatic rings. The van der Waals surface area contributed by atoms with Crippen LogP contribution in [0.1, 0.15) is 18.9 Å². The summed E-state index contributed by atoms with van der Waals surface area (Å²) >= 11 is 0. The van der Waals surface area contributed by atoms with Gasteiger partial charge in [0.2, 0.25) is 11.6 Å². The summed E-state index contributed by atoms with van der Waals surface area (Å²) in [6.45, 7) is 1.02. The van der Waals surface area contributed by atoms with Crippen LogP contribution in [-0.4, -0.2) is 45.5 Å². The molecule has 0 aliphatic carbocycles. The quantitative estimate of drug-likeness (QED) is 0.807. The lowest BCUT2D eigenvalue weighted by Crippen LogP contribution is -2.69. The van der Waals surface area contributed by atoms with Gasteiger partial charge in [0.05, 0.1) is 6.42 Å². The van der Waals surface area contributed by atoms with Gasteiger partial charge in [-0.1, -0.05) is 30.3 Å². The Morgan fingerprint density at radius 2 is 1.69 bits per heavy atom. The molecule has 0 aromatic heterocycles. The zero-order valence-corrected chi connectivity index (χ0v) is 13.2. The molecular weight excluding hydrogens is 373 g/mol. The van der Waals surface area contributed by atoms with Crippen molar-refractivity contribution in [1.82, 2.24) is 5.01 Å². The number of carbonyl (C=O) groups is 1. The van der Waals surface area contributed by atoms with Crippen LogP contribution in [0, 0.1) is 0 Å². The minimum atomic E-state index is -6.64. The van der Waals surface area contributed by atoms with Gasteiger partial charge in [0, 0.05) is 12.1 Å². The first-order valence-electron chi connectivity index (χ1n) is 7.20. The molecule has 144 valence electrons. The SMILES string of the molecule is CC1=NN(C(=O)Cc2ccccc2)C(O)(C(F)(F)C(F)(F)C(F)(F)F)C1. The van der Waals surface area contributed by atoms with Crippen molar-refractivity contribution in [3.8, 4) is 0 Å². The molecule has 0 saturated carbocycles. The molecule has 0 radical (unpaired) electrons. The summed E-state index contributed by atoms with van der Waals surface area (Å²) in [6, 6.07) is 7.40. The molecule has 26 heavy (non-hydrogen) atoms. The van der Waals surface area contributed by atoms with Gasteiger partial charge in [-0.3, -0.25) is 4.79 Å². The summed E-state index contributed by atoms with van der Waals surface area (Å²) < 4.78 is 92.3. The first kappa shape index (κ1) is 20.1. The van der Waals surface area contributed by atoms with E-state index in [1.54, 1.807) is 6.07 Å². The largest absolute Gasteiger partial charge is 0.460 e. The van der Waals surface area contributed by atoms with Crippen molar-refractivity contribution in [3.05, 3.63) is 35.9 Å². The van der Waals surface area contributed by atoms with E-state index in [2.05, 4.69) is 5.10 Å². The number of hydrogen-bond acceptors (Lipinski definition) is 3. The summed E-state index contributed by atoms with van der Waals surface area (Å²) in [4.78, 5) is 12.2. The molecule has 0 spiro atoms. The zero-order chi connectivity index (χ0) is 20.0. The lowest BCUT2D eigenvalue weighted by molar-refractivity contribution is -0.401. The standard InChI is InChI=1S/C15H13F7N2O2/c1-9-8-12(26,13(16,17)14(18,19)15(20,21)22)24(23-9)11(25)7-10-5-3-2-4-6-10/h2-6,26H,7-8H2,1H3. The monoisotopic (exact) mass is 386 g/mol. The van der Waals surface area contributed by atoms with E-state index in [0.29, 0.717) is 0 Å². The number of rotatable bonds is 4. The number of alkyl halides is 7. The molecule has 1 aliphatic rings. The van der Waals surface area contributed by atoms with E-state index < -0.39 is 48.2 Å². The summed E-state index contributed by atoms with van der Waals surface area (Å²) in [5, 5.41) is 12.9. The van der Waals surface area contributed by atoms with Crippen molar-refractivity contribution in [2.24, 2.45) is 5.10 Å². The molecule has 1 unspecified atom stereocenters. The minimum absolute atomic E-state index is 0.269. The van der Waals surface area contributed by atoms with E-state index >= 15 is 0 Å². The van der Waals surface area contributed by atoms with E-state index in [-0.39, 0.29) is 10.6 Å². The maximum atomic E-state index is 14.1. The average molecular weight is 386 g/mol. The van der Waals surface area contributed by atoms with Crippen LogP contribution in [0.15, 0.2) is 35.4 Å². The number of nitrogens with zero attached hydrogens (tertiary/aromatic N) is 2. The maximum Gasteiger partial charge on any atom is 0.460 e. The van der Waals surface area contributed by atoms with E-state index in [4.69, 9.17) is 0 Å². The van der Waals surface area contributed by atoms with Gasteiger partial charge in [0.1, 0.15) is 0 Å². The highest BCUT2D eigenvalue weighted by molar-refractivity contribution is 5.89. The van der Waals surface area contributed by atoms with Crippen LogP contribution in [-0.2, 0) is 11.2 Å². The second-order valence-corrected chi connectivity index (χ2v) is 5.84. The Labute approximate surface area is 142 Å². The van der Waals surface area contributed by atoms with E-state index in [1.807, 2.05) is 0 Å².